The van der Waals surface area contributed by atoms with Crippen molar-refractivity contribution in [1.29, 1.82) is 5.26 Å². The molecule has 1 aliphatic rings. The zero-order valence-corrected chi connectivity index (χ0v) is 23.7. The Morgan fingerprint density at radius 1 is 1.26 bits per heavy atom. The lowest BCUT2D eigenvalue weighted by atomic mass is 10.1. The van der Waals surface area contributed by atoms with E-state index in [9.17, 15) is 17.6 Å². The Bertz CT molecular complexity index is 1460. The van der Waals surface area contributed by atoms with E-state index in [1.165, 1.54) is 12.1 Å². The summed E-state index contributed by atoms with van der Waals surface area (Å²) in [5.74, 6) is -0.375. The van der Waals surface area contributed by atoms with Gasteiger partial charge in [0.1, 0.15) is 17.6 Å². The van der Waals surface area contributed by atoms with Crippen LogP contribution in [0.2, 0.25) is 0 Å². The number of nitrogens with one attached hydrogen (secondary N) is 1. The number of carbonyl (C=O) groups is 1. The van der Waals surface area contributed by atoms with E-state index in [1.807, 2.05) is 10.6 Å². The average molecular weight is 627 g/mol. The standard InChI is InChI=1S/C25H25BrFN5O4S.ClH/c1-37(34,35)36-21-4-5-22(26)19(11-21)15-31-9-7-24(25(31)33)30-8-6-20-13-29-16-32(20)14-17-2-3-18(12-28)23(27)10-17;/h2-5,10-11,13,16,24,30H,6-9,14-15H2,1H3;1H. The summed E-state index contributed by atoms with van der Waals surface area (Å²) >= 11 is 3.46. The summed E-state index contributed by atoms with van der Waals surface area (Å²) in [6.07, 6.45) is 5.68. The van der Waals surface area contributed by atoms with Crippen molar-refractivity contribution >= 4 is 44.4 Å². The minimum atomic E-state index is -3.65. The molecule has 9 nitrogen and oxygen atoms in total. The van der Waals surface area contributed by atoms with Crippen LogP contribution < -0.4 is 9.50 Å². The van der Waals surface area contributed by atoms with Crippen LogP contribution in [0.1, 0.15) is 28.8 Å². The third-order valence-electron chi connectivity index (χ3n) is 6.00. The maximum absolute atomic E-state index is 13.9. The highest BCUT2D eigenvalue weighted by molar-refractivity contribution is 9.10. The van der Waals surface area contributed by atoms with Gasteiger partial charge >= 0.3 is 10.1 Å². The van der Waals surface area contributed by atoms with Gasteiger partial charge < -0.3 is 19.0 Å². The number of benzene rings is 2. The maximum Gasteiger partial charge on any atom is 0.306 e. The second-order valence-electron chi connectivity index (χ2n) is 8.78. The lowest BCUT2D eigenvalue weighted by Gasteiger charge is -2.19. The van der Waals surface area contributed by atoms with Gasteiger partial charge in [-0.1, -0.05) is 22.0 Å². The number of nitriles is 1. The number of hydrogen-bond donors (Lipinski definition) is 1. The number of likely N-dealkylation sites (tertiary alicyclic amines) is 1. The van der Waals surface area contributed by atoms with E-state index < -0.39 is 15.9 Å². The number of halogens is 3. The van der Waals surface area contributed by atoms with Gasteiger partial charge in [0.25, 0.3) is 0 Å². The van der Waals surface area contributed by atoms with E-state index in [1.54, 1.807) is 41.7 Å². The zero-order chi connectivity index (χ0) is 26.6. The number of imidazole rings is 1. The topological polar surface area (TPSA) is 117 Å². The number of aromatic nitrogens is 2. The van der Waals surface area contributed by atoms with E-state index in [4.69, 9.17) is 9.44 Å². The van der Waals surface area contributed by atoms with Crippen LogP contribution in [0, 0.1) is 17.1 Å². The average Bonchev–Trinajstić information content (AvgIpc) is 3.42. The molecule has 1 aromatic heterocycles. The molecule has 202 valence electrons. The van der Waals surface area contributed by atoms with Crippen LogP contribution in [0.5, 0.6) is 5.75 Å². The summed E-state index contributed by atoms with van der Waals surface area (Å²) < 4.78 is 44.4. The Morgan fingerprint density at radius 3 is 2.76 bits per heavy atom. The van der Waals surface area contributed by atoms with E-state index in [-0.39, 0.29) is 35.7 Å². The molecule has 1 unspecified atom stereocenters. The molecule has 38 heavy (non-hydrogen) atoms. The van der Waals surface area contributed by atoms with Crippen LogP contribution in [-0.4, -0.2) is 54.2 Å². The van der Waals surface area contributed by atoms with Gasteiger partial charge in [-0.2, -0.15) is 13.7 Å². The van der Waals surface area contributed by atoms with E-state index in [0.29, 0.717) is 39.0 Å². The van der Waals surface area contributed by atoms with Crippen molar-refractivity contribution in [2.75, 3.05) is 19.3 Å². The Labute approximate surface area is 235 Å². The smallest absolute Gasteiger partial charge is 0.306 e. The van der Waals surface area contributed by atoms with Crippen molar-refractivity contribution in [3.8, 4) is 11.8 Å². The minimum Gasteiger partial charge on any atom is -0.383 e. The molecule has 0 aliphatic carbocycles. The van der Waals surface area contributed by atoms with E-state index in [0.717, 1.165) is 27.5 Å². The third kappa shape index (κ3) is 7.54. The van der Waals surface area contributed by atoms with Gasteiger partial charge in [0, 0.05) is 49.0 Å². The van der Waals surface area contributed by atoms with Crippen molar-refractivity contribution in [2.45, 2.75) is 32.0 Å². The Balaban J connectivity index is 0.00000400. The SMILES string of the molecule is CS(=O)(=O)Oc1ccc(Br)c(CN2CCC(NCCc3cncn3Cc3ccc(C#N)c(F)c3)C2=O)c1.Cl. The fraction of sp³-hybridized carbons (Fsp3) is 0.320. The van der Waals surface area contributed by atoms with E-state index >= 15 is 0 Å². The zero-order valence-electron chi connectivity index (χ0n) is 20.4. The van der Waals surface area contributed by atoms with Crippen LogP contribution in [0.25, 0.3) is 0 Å². The molecule has 1 amide bonds. The molecule has 0 saturated carbocycles. The second kappa shape index (κ2) is 12.7. The fourth-order valence-corrected chi connectivity index (χ4v) is 5.03. The largest absolute Gasteiger partial charge is 0.383 e. The van der Waals surface area contributed by atoms with Crippen LogP contribution in [0.4, 0.5) is 4.39 Å². The summed E-state index contributed by atoms with van der Waals surface area (Å²) in [6, 6.07) is 10.9. The van der Waals surface area contributed by atoms with Gasteiger partial charge in [-0.15, -0.1) is 12.4 Å². The van der Waals surface area contributed by atoms with Gasteiger partial charge in [0.15, 0.2) is 0 Å². The number of amides is 1. The van der Waals surface area contributed by atoms with Gasteiger partial charge in [-0.3, -0.25) is 4.79 Å². The van der Waals surface area contributed by atoms with Gasteiger partial charge in [0.05, 0.1) is 24.2 Å². The molecule has 1 saturated heterocycles. The normalized spacial score (nSPS) is 15.3. The Morgan fingerprint density at radius 2 is 2.05 bits per heavy atom. The van der Waals surface area contributed by atoms with Gasteiger partial charge in [-0.25, -0.2) is 9.37 Å². The molecular formula is C25H26BrClFN5O4S. The molecule has 1 aliphatic heterocycles. The molecule has 2 aromatic carbocycles. The monoisotopic (exact) mass is 625 g/mol. The summed E-state index contributed by atoms with van der Waals surface area (Å²) in [5, 5.41) is 12.2. The first kappa shape index (κ1) is 29.6. The maximum atomic E-state index is 13.9. The third-order valence-corrected chi connectivity index (χ3v) is 7.27. The highest BCUT2D eigenvalue weighted by Gasteiger charge is 2.31. The number of hydrogen-bond acceptors (Lipinski definition) is 7. The van der Waals surface area contributed by atoms with Crippen molar-refractivity contribution < 1.29 is 21.8 Å². The quantitative estimate of drug-likeness (QED) is 0.343. The predicted octanol–water partition coefficient (Wildman–Crippen LogP) is 3.40. The molecule has 1 atom stereocenters. The Hall–Kier alpha value is -2.98. The van der Waals surface area contributed by atoms with E-state index in [2.05, 4.69) is 26.2 Å². The number of carbonyl (C=O) groups excluding carboxylic acids is 1. The number of nitrogens with zero attached hydrogens (tertiary/aromatic N) is 4. The summed E-state index contributed by atoms with van der Waals surface area (Å²) in [6.45, 7) is 1.87. The predicted molar refractivity (Wildman–Crippen MR) is 145 cm³/mol. The van der Waals surface area contributed by atoms with Crippen LogP contribution in [-0.2, 0) is 34.4 Å². The van der Waals surface area contributed by atoms with Crippen molar-refractivity contribution in [3.63, 3.8) is 0 Å². The minimum absolute atomic E-state index is 0. The molecule has 1 N–H and O–H groups in total. The summed E-state index contributed by atoms with van der Waals surface area (Å²) in [4.78, 5) is 18.9. The van der Waals surface area contributed by atoms with Gasteiger partial charge in [0.2, 0.25) is 5.91 Å². The lowest BCUT2D eigenvalue weighted by molar-refractivity contribution is -0.129. The molecule has 0 radical (unpaired) electrons. The first-order chi connectivity index (χ1) is 17.6. The highest BCUT2D eigenvalue weighted by Crippen LogP contribution is 2.26. The lowest BCUT2D eigenvalue weighted by Crippen LogP contribution is -2.39. The first-order valence-electron chi connectivity index (χ1n) is 11.5. The molecule has 3 aromatic rings. The fourth-order valence-electron chi connectivity index (χ4n) is 4.21. The number of rotatable bonds is 10. The highest BCUT2D eigenvalue weighted by atomic mass is 79.9. The van der Waals surface area contributed by atoms with Crippen molar-refractivity contribution in [2.24, 2.45) is 0 Å². The first-order valence-corrected chi connectivity index (χ1v) is 14.1. The van der Waals surface area contributed by atoms with Crippen LogP contribution >= 0.6 is 28.3 Å². The van der Waals surface area contributed by atoms with Crippen molar-refractivity contribution in [3.05, 3.63) is 81.6 Å². The second-order valence-corrected chi connectivity index (χ2v) is 11.2. The molecular weight excluding hydrogens is 601 g/mol. The Kier molecular flexibility index (Phi) is 9.89. The molecule has 0 bridgehead atoms. The van der Waals surface area contributed by atoms with Gasteiger partial charge in [-0.05, 0) is 47.9 Å². The molecule has 0 spiro atoms. The molecule has 2 heterocycles. The van der Waals surface area contributed by atoms with Crippen molar-refractivity contribution in [1.82, 2.24) is 19.8 Å². The summed E-state index contributed by atoms with van der Waals surface area (Å²) in [7, 11) is -3.65. The molecule has 1 fully saturated rings. The summed E-state index contributed by atoms with van der Waals surface area (Å²) in [5.41, 5.74) is 2.42. The van der Waals surface area contributed by atoms with Crippen LogP contribution in [0.15, 0.2) is 53.4 Å². The molecule has 4 rings (SSSR count). The molecule has 13 heteroatoms. The van der Waals surface area contributed by atoms with Crippen LogP contribution in [0.3, 0.4) is 0 Å².